The van der Waals surface area contributed by atoms with Gasteiger partial charge >= 0.3 is 0 Å². The number of aromatic nitrogens is 1. The summed E-state index contributed by atoms with van der Waals surface area (Å²) in [4.78, 5) is 4.23. The van der Waals surface area contributed by atoms with Crippen LogP contribution in [0.4, 0.5) is 4.39 Å². The summed E-state index contributed by atoms with van der Waals surface area (Å²) in [6.07, 6.45) is 1.75. The second-order valence-electron chi connectivity index (χ2n) is 4.12. The normalized spacial score (nSPS) is 12.4. The van der Waals surface area contributed by atoms with Crippen LogP contribution in [0.2, 0.25) is 5.02 Å². The molecule has 1 atom stereocenters. The Kier molecular flexibility index (Phi) is 3.94. The minimum atomic E-state index is -0.317. The molecule has 0 aliphatic carbocycles. The van der Waals surface area contributed by atoms with Gasteiger partial charge in [-0.15, -0.1) is 0 Å². The van der Waals surface area contributed by atoms with Gasteiger partial charge in [-0.05, 0) is 37.7 Å². The van der Waals surface area contributed by atoms with Crippen molar-refractivity contribution in [1.29, 1.82) is 0 Å². The highest BCUT2D eigenvalue weighted by Crippen LogP contribution is 2.25. The number of hydrogen-bond acceptors (Lipinski definition) is 2. The molecule has 0 aliphatic rings. The third-order valence-electron chi connectivity index (χ3n) is 2.83. The van der Waals surface area contributed by atoms with Crippen LogP contribution < -0.4 is 5.32 Å². The van der Waals surface area contributed by atoms with Gasteiger partial charge in [0.05, 0.1) is 6.04 Å². The van der Waals surface area contributed by atoms with Crippen molar-refractivity contribution in [1.82, 2.24) is 10.3 Å². The summed E-state index contributed by atoms with van der Waals surface area (Å²) in [5.74, 6) is -0.317. The Morgan fingerprint density at radius 1 is 1.28 bits per heavy atom. The Bertz CT molecular complexity index is 540. The van der Waals surface area contributed by atoms with E-state index in [1.807, 2.05) is 19.1 Å². The van der Waals surface area contributed by atoms with Gasteiger partial charge in [-0.2, -0.15) is 0 Å². The maximum Gasteiger partial charge on any atom is 0.129 e. The molecule has 1 aromatic carbocycles. The summed E-state index contributed by atoms with van der Waals surface area (Å²) < 4.78 is 13.9. The molecule has 0 bridgehead atoms. The Balaban J connectivity index is 2.41. The summed E-state index contributed by atoms with van der Waals surface area (Å²) in [6, 6.07) is 8.33. The molecule has 0 amide bonds. The molecule has 0 radical (unpaired) electrons. The number of benzene rings is 1. The Morgan fingerprint density at radius 2 is 2.06 bits per heavy atom. The van der Waals surface area contributed by atoms with E-state index in [0.717, 1.165) is 11.3 Å². The lowest BCUT2D eigenvalue weighted by Crippen LogP contribution is -2.19. The van der Waals surface area contributed by atoms with Gasteiger partial charge in [-0.1, -0.05) is 23.7 Å². The number of aryl methyl sites for hydroxylation is 1. The van der Waals surface area contributed by atoms with Crippen LogP contribution in [-0.2, 0) is 0 Å². The Hall–Kier alpha value is -1.45. The second-order valence-corrected chi connectivity index (χ2v) is 4.56. The van der Waals surface area contributed by atoms with Gasteiger partial charge in [0.1, 0.15) is 5.82 Å². The molecule has 2 rings (SSSR count). The average Bonchev–Trinajstić information content (AvgIpc) is 2.35. The Labute approximate surface area is 111 Å². The van der Waals surface area contributed by atoms with Crippen LogP contribution in [0.3, 0.4) is 0 Å². The zero-order chi connectivity index (χ0) is 13.1. The highest BCUT2D eigenvalue weighted by atomic mass is 35.5. The predicted octanol–water partition coefficient (Wildman–Crippen LogP) is 3.49. The minimum absolute atomic E-state index is 0.227. The highest BCUT2D eigenvalue weighted by molar-refractivity contribution is 6.30. The van der Waals surface area contributed by atoms with Crippen molar-refractivity contribution in [2.45, 2.75) is 13.0 Å². The van der Waals surface area contributed by atoms with Crippen LogP contribution in [0.5, 0.6) is 0 Å². The molecule has 0 saturated heterocycles. The SMILES string of the molecule is CNC(c1ccc(C)nc1)c1ccc(Cl)cc1F. The van der Waals surface area contributed by atoms with E-state index in [4.69, 9.17) is 11.6 Å². The molecule has 2 nitrogen and oxygen atoms in total. The van der Waals surface area contributed by atoms with Crippen molar-refractivity contribution in [3.8, 4) is 0 Å². The molecule has 0 fully saturated rings. The maximum atomic E-state index is 13.9. The fourth-order valence-corrected chi connectivity index (χ4v) is 2.05. The monoisotopic (exact) mass is 264 g/mol. The van der Waals surface area contributed by atoms with Crippen LogP contribution in [0.15, 0.2) is 36.5 Å². The maximum absolute atomic E-state index is 13.9. The van der Waals surface area contributed by atoms with Crippen molar-refractivity contribution in [2.24, 2.45) is 0 Å². The Morgan fingerprint density at radius 3 is 2.61 bits per heavy atom. The molecule has 1 aromatic heterocycles. The van der Waals surface area contributed by atoms with Crippen molar-refractivity contribution >= 4 is 11.6 Å². The van der Waals surface area contributed by atoms with Gasteiger partial charge in [-0.3, -0.25) is 4.98 Å². The number of nitrogens with zero attached hydrogens (tertiary/aromatic N) is 1. The van der Waals surface area contributed by atoms with Crippen molar-refractivity contribution in [3.05, 3.63) is 64.2 Å². The molecule has 0 spiro atoms. The van der Waals surface area contributed by atoms with E-state index in [-0.39, 0.29) is 11.9 Å². The zero-order valence-electron chi connectivity index (χ0n) is 10.2. The number of halogens is 2. The fraction of sp³-hybridized carbons (Fsp3) is 0.214. The summed E-state index contributed by atoms with van der Waals surface area (Å²) in [6.45, 7) is 1.92. The minimum Gasteiger partial charge on any atom is -0.309 e. The van der Waals surface area contributed by atoms with E-state index in [2.05, 4.69) is 10.3 Å². The topological polar surface area (TPSA) is 24.9 Å². The largest absolute Gasteiger partial charge is 0.309 e. The van der Waals surface area contributed by atoms with Crippen molar-refractivity contribution in [3.63, 3.8) is 0 Å². The van der Waals surface area contributed by atoms with Gasteiger partial charge in [0, 0.05) is 22.5 Å². The fourth-order valence-electron chi connectivity index (χ4n) is 1.89. The highest BCUT2D eigenvalue weighted by Gasteiger charge is 2.16. The van der Waals surface area contributed by atoms with Crippen LogP contribution in [-0.4, -0.2) is 12.0 Å². The summed E-state index contributed by atoms with van der Waals surface area (Å²) in [5.41, 5.74) is 2.42. The standard InChI is InChI=1S/C14H14ClFN2/c1-9-3-4-10(8-18-9)14(17-2)12-6-5-11(15)7-13(12)16/h3-8,14,17H,1-2H3. The van der Waals surface area contributed by atoms with Gasteiger partial charge < -0.3 is 5.32 Å². The van der Waals surface area contributed by atoms with E-state index < -0.39 is 0 Å². The third kappa shape index (κ3) is 2.68. The molecule has 4 heteroatoms. The molecule has 18 heavy (non-hydrogen) atoms. The van der Waals surface area contributed by atoms with Gasteiger partial charge in [0.15, 0.2) is 0 Å². The van der Waals surface area contributed by atoms with Crippen molar-refractivity contribution in [2.75, 3.05) is 7.05 Å². The zero-order valence-corrected chi connectivity index (χ0v) is 11.0. The molecular formula is C14H14ClFN2. The quantitative estimate of drug-likeness (QED) is 0.918. The lowest BCUT2D eigenvalue weighted by Gasteiger charge is -2.17. The number of pyridine rings is 1. The first-order valence-corrected chi connectivity index (χ1v) is 6.04. The first-order chi connectivity index (χ1) is 8.61. The molecule has 0 saturated carbocycles. The average molecular weight is 265 g/mol. The van der Waals surface area contributed by atoms with E-state index >= 15 is 0 Å². The number of rotatable bonds is 3. The number of hydrogen-bond donors (Lipinski definition) is 1. The molecular weight excluding hydrogens is 251 g/mol. The van der Waals surface area contributed by atoms with Crippen LogP contribution in [0.25, 0.3) is 0 Å². The smallest absolute Gasteiger partial charge is 0.129 e. The van der Waals surface area contributed by atoms with E-state index in [1.54, 1.807) is 25.4 Å². The first-order valence-electron chi connectivity index (χ1n) is 5.66. The summed E-state index contributed by atoms with van der Waals surface area (Å²) >= 11 is 5.76. The van der Waals surface area contributed by atoms with Gasteiger partial charge in [0.25, 0.3) is 0 Å². The van der Waals surface area contributed by atoms with E-state index in [1.165, 1.54) is 6.07 Å². The van der Waals surface area contributed by atoms with Gasteiger partial charge in [0.2, 0.25) is 0 Å². The predicted molar refractivity (Wildman–Crippen MR) is 71.3 cm³/mol. The molecule has 2 aromatic rings. The third-order valence-corrected chi connectivity index (χ3v) is 3.06. The lowest BCUT2D eigenvalue weighted by molar-refractivity contribution is 0.575. The van der Waals surface area contributed by atoms with Crippen LogP contribution in [0, 0.1) is 12.7 Å². The lowest BCUT2D eigenvalue weighted by atomic mass is 9.99. The molecule has 1 N–H and O–H groups in total. The van der Waals surface area contributed by atoms with Crippen molar-refractivity contribution < 1.29 is 4.39 Å². The molecule has 1 unspecified atom stereocenters. The van der Waals surface area contributed by atoms with Gasteiger partial charge in [-0.25, -0.2) is 4.39 Å². The molecule has 94 valence electrons. The summed E-state index contributed by atoms with van der Waals surface area (Å²) in [5, 5.41) is 3.49. The van der Waals surface area contributed by atoms with Crippen LogP contribution >= 0.6 is 11.6 Å². The molecule has 0 aliphatic heterocycles. The second kappa shape index (κ2) is 5.46. The molecule has 1 heterocycles. The van der Waals surface area contributed by atoms with E-state index in [0.29, 0.717) is 10.6 Å². The first kappa shape index (κ1) is 13.0. The van der Waals surface area contributed by atoms with Crippen LogP contribution in [0.1, 0.15) is 22.9 Å². The van der Waals surface area contributed by atoms with E-state index in [9.17, 15) is 4.39 Å². The summed E-state index contributed by atoms with van der Waals surface area (Å²) in [7, 11) is 1.79. The number of nitrogens with one attached hydrogen (secondary N) is 1.